The lowest BCUT2D eigenvalue weighted by atomic mass is 10.1. The smallest absolute Gasteiger partial charge is 0.232 e. The van der Waals surface area contributed by atoms with Crippen molar-refractivity contribution in [1.29, 1.82) is 0 Å². The Labute approximate surface area is 110 Å². The molecule has 0 aromatic heterocycles. The number of nitrogens with one attached hydrogen (secondary N) is 1. The van der Waals surface area contributed by atoms with Gasteiger partial charge < -0.3 is 5.32 Å². The van der Waals surface area contributed by atoms with Gasteiger partial charge >= 0.3 is 0 Å². The van der Waals surface area contributed by atoms with Gasteiger partial charge in [0.25, 0.3) is 0 Å². The first-order valence-electron chi connectivity index (χ1n) is 7.13. The first-order chi connectivity index (χ1) is 8.56. The molecule has 2 atom stereocenters. The van der Waals surface area contributed by atoms with E-state index >= 15 is 0 Å². The van der Waals surface area contributed by atoms with E-state index in [4.69, 9.17) is 0 Å². The predicted molar refractivity (Wildman–Crippen MR) is 72.1 cm³/mol. The third-order valence-electron chi connectivity index (χ3n) is 3.48. The van der Waals surface area contributed by atoms with Gasteiger partial charge in [0, 0.05) is 24.9 Å². The van der Waals surface area contributed by atoms with E-state index in [9.17, 15) is 9.59 Å². The van der Waals surface area contributed by atoms with Crippen molar-refractivity contribution in [1.82, 2.24) is 10.2 Å². The van der Waals surface area contributed by atoms with Crippen molar-refractivity contribution < 1.29 is 9.59 Å². The summed E-state index contributed by atoms with van der Waals surface area (Å²) in [6.07, 6.45) is 4.63. The van der Waals surface area contributed by atoms with E-state index in [1.807, 2.05) is 6.92 Å². The molecule has 2 unspecified atom stereocenters. The second kappa shape index (κ2) is 7.52. The van der Waals surface area contributed by atoms with Crippen molar-refractivity contribution in [3.05, 3.63) is 0 Å². The number of amides is 2. The second-order valence-corrected chi connectivity index (χ2v) is 5.34. The molecule has 0 aliphatic carbocycles. The summed E-state index contributed by atoms with van der Waals surface area (Å²) in [6.45, 7) is 7.83. The standard InChI is InChI=1S/C14H26N2O2/c1-4-8-15-12(3)7-5-6-9-16-13(17)10-11(2)14(16)18/h11-12,15H,4-10H2,1-3H3. The van der Waals surface area contributed by atoms with Gasteiger partial charge in [-0.25, -0.2) is 0 Å². The molecule has 1 fully saturated rings. The van der Waals surface area contributed by atoms with Gasteiger partial charge in [-0.1, -0.05) is 20.3 Å². The van der Waals surface area contributed by atoms with Gasteiger partial charge in [0.1, 0.15) is 0 Å². The molecular formula is C14H26N2O2. The average Bonchev–Trinajstić information content (AvgIpc) is 2.57. The van der Waals surface area contributed by atoms with E-state index in [1.165, 1.54) is 4.90 Å². The van der Waals surface area contributed by atoms with Crippen LogP contribution in [0.3, 0.4) is 0 Å². The maximum Gasteiger partial charge on any atom is 0.232 e. The monoisotopic (exact) mass is 254 g/mol. The van der Waals surface area contributed by atoms with Gasteiger partial charge in [-0.15, -0.1) is 0 Å². The van der Waals surface area contributed by atoms with Crippen LogP contribution in [0.1, 0.15) is 52.9 Å². The summed E-state index contributed by atoms with van der Waals surface area (Å²) in [6, 6.07) is 0.522. The topological polar surface area (TPSA) is 49.4 Å². The van der Waals surface area contributed by atoms with Crippen molar-refractivity contribution in [3.8, 4) is 0 Å². The fraction of sp³-hybridized carbons (Fsp3) is 0.857. The highest BCUT2D eigenvalue weighted by molar-refractivity contribution is 6.03. The van der Waals surface area contributed by atoms with Crippen molar-refractivity contribution in [2.45, 2.75) is 58.9 Å². The highest BCUT2D eigenvalue weighted by Crippen LogP contribution is 2.19. The molecule has 2 amide bonds. The van der Waals surface area contributed by atoms with Gasteiger partial charge in [0.2, 0.25) is 11.8 Å². The summed E-state index contributed by atoms with van der Waals surface area (Å²) in [5.74, 6) is -0.0931. The Bertz CT molecular complexity index is 292. The highest BCUT2D eigenvalue weighted by atomic mass is 16.2. The van der Waals surface area contributed by atoms with Gasteiger partial charge in [-0.05, 0) is 32.7 Å². The van der Waals surface area contributed by atoms with Crippen LogP contribution in [0.5, 0.6) is 0 Å². The third kappa shape index (κ3) is 4.41. The van der Waals surface area contributed by atoms with Gasteiger partial charge in [-0.3, -0.25) is 14.5 Å². The summed E-state index contributed by atoms with van der Waals surface area (Å²) in [4.78, 5) is 24.7. The maximum absolute atomic E-state index is 11.7. The van der Waals surface area contributed by atoms with Gasteiger partial charge in [-0.2, -0.15) is 0 Å². The Morgan fingerprint density at radius 3 is 2.67 bits per heavy atom. The molecule has 1 N–H and O–H groups in total. The molecule has 4 nitrogen and oxygen atoms in total. The zero-order chi connectivity index (χ0) is 13.5. The molecule has 0 saturated carbocycles. The predicted octanol–water partition coefficient (Wildman–Crippen LogP) is 1.94. The Morgan fingerprint density at radius 1 is 1.39 bits per heavy atom. The number of nitrogens with zero attached hydrogens (tertiary/aromatic N) is 1. The fourth-order valence-electron chi connectivity index (χ4n) is 2.30. The largest absolute Gasteiger partial charge is 0.314 e. The van der Waals surface area contributed by atoms with E-state index in [1.54, 1.807) is 0 Å². The minimum atomic E-state index is -0.109. The van der Waals surface area contributed by atoms with Crippen LogP contribution < -0.4 is 5.32 Å². The quantitative estimate of drug-likeness (QED) is 0.532. The van der Waals surface area contributed by atoms with Crippen molar-refractivity contribution in [2.24, 2.45) is 5.92 Å². The number of hydrogen-bond acceptors (Lipinski definition) is 3. The number of carbonyl (C=O) groups is 2. The average molecular weight is 254 g/mol. The molecule has 18 heavy (non-hydrogen) atoms. The second-order valence-electron chi connectivity index (χ2n) is 5.34. The van der Waals surface area contributed by atoms with E-state index < -0.39 is 0 Å². The molecule has 4 heteroatoms. The van der Waals surface area contributed by atoms with Crippen LogP contribution in [0.4, 0.5) is 0 Å². The Hall–Kier alpha value is -0.900. The van der Waals surface area contributed by atoms with Crippen molar-refractivity contribution in [3.63, 3.8) is 0 Å². The Morgan fingerprint density at radius 2 is 2.11 bits per heavy atom. The van der Waals surface area contributed by atoms with Crippen LogP contribution in [-0.2, 0) is 9.59 Å². The lowest BCUT2D eigenvalue weighted by molar-refractivity contribution is -0.139. The summed E-state index contributed by atoms with van der Waals surface area (Å²) in [5.41, 5.74) is 0. The number of unbranched alkanes of at least 4 members (excludes halogenated alkanes) is 1. The van der Waals surface area contributed by atoms with Crippen LogP contribution in [0.25, 0.3) is 0 Å². The number of carbonyl (C=O) groups excluding carboxylic acids is 2. The summed E-state index contributed by atoms with van der Waals surface area (Å²) in [7, 11) is 0. The minimum Gasteiger partial charge on any atom is -0.314 e. The lowest BCUT2D eigenvalue weighted by Gasteiger charge is -2.16. The van der Waals surface area contributed by atoms with Crippen LogP contribution in [0.2, 0.25) is 0 Å². The molecule has 1 heterocycles. The first-order valence-corrected chi connectivity index (χ1v) is 7.13. The molecule has 1 saturated heterocycles. The summed E-state index contributed by atoms with van der Waals surface area (Å²) < 4.78 is 0. The molecule has 104 valence electrons. The molecule has 0 spiro atoms. The normalized spacial score (nSPS) is 21.7. The molecule has 0 aromatic carbocycles. The van der Waals surface area contributed by atoms with Crippen LogP contribution in [0.15, 0.2) is 0 Å². The Balaban J connectivity index is 2.14. The first kappa shape index (κ1) is 15.2. The van der Waals surface area contributed by atoms with E-state index in [0.29, 0.717) is 19.0 Å². The molecular weight excluding hydrogens is 228 g/mol. The highest BCUT2D eigenvalue weighted by Gasteiger charge is 2.34. The van der Waals surface area contributed by atoms with Gasteiger partial charge in [0.15, 0.2) is 0 Å². The SMILES string of the molecule is CCCNC(C)CCCCN1C(=O)CC(C)C1=O. The summed E-state index contributed by atoms with van der Waals surface area (Å²) in [5, 5.41) is 3.44. The van der Waals surface area contributed by atoms with E-state index in [-0.39, 0.29) is 17.7 Å². The minimum absolute atomic E-state index is 0.00431. The third-order valence-corrected chi connectivity index (χ3v) is 3.48. The van der Waals surface area contributed by atoms with Crippen molar-refractivity contribution >= 4 is 11.8 Å². The summed E-state index contributed by atoms with van der Waals surface area (Å²) >= 11 is 0. The zero-order valence-corrected chi connectivity index (χ0v) is 11.9. The fourth-order valence-corrected chi connectivity index (χ4v) is 2.30. The zero-order valence-electron chi connectivity index (χ0n) is 11.9. The molecule has 1 rings (SSSR count). The van der Waals surface area contributed by atoms with Gasteiger partial charge in [0.05, 0.1) is 0 Å². The Kier molecular flexibility index (Phi) is 6.33. The van der Waals surface area contributed by atoms with Crippen LogP contribution in [-0.4, -0.2) is 35.8 Å². The molecule has 0 radical (unpaired) electrons. The van der Waals surface area contributed by atoms with E-state index in [0.717, 1.165) is 32.2 Å². The number of likely N-dealkylation sites (tertiary alicyclic amines) is 1. The van der Waals surface area contributed by atoms with Crippen molar-refractivity contribution in [2.75, 3.05) is 13.1 Å². The lowest BCUT2D eigenvalue weighted by Crippen LogP contribution is -2.31. The van der Waals surface area contributed by atoms with E-state index in [2.05, 4.69) is 19.2 Å². The maximum atomic E-state index is 11.7. The number of imide groups is 1. The molecule has 0 aromatic rings. The molecule has 1 aliphatic rings. The number of rotatable bonds is 8. The number of hydrogen-bond donors (Lipinski definition) is 1. The van der Waals surface area contributed by atoms with Crippen LogP contribution >= 0.6 is 0 Å². The molecule has 1 aliphatic heterocycles. The van der Waals surface area contributed by atoms with Crippen LogP contribution in [0, 0.1) is 5.92 Å². The molecule has 0 bridgehead atoms.